The van der Waals surface area contributed by atoms with Crippen LogP contribution in [0, 0.1) is 5.92 Å². The van der Waals surface area contributed by atoms with Gasteiger partial charge in [0.1, 0.15) is 0 Å². The summed E-state index contributed by atoms with van der Waals surface area (Å²) in [5.74, 6) is 0.191. The molecule has 1 heterocycles. The lowest BCUT2D eigenvalue weighted by Gasteiger charge is -2.27. The summed E-state index contributed by atoms with van der Waals surface area (Å²) in [6.45, 7) is 2.33. The first-order valence-electron chi connectivity index (χ1n) is 6.08. The largest absolute Gasteiger partial charge is 0.416 e. The first-order valence-corrected chi connectivity index (χ1v) is 6.08. The van der Waals surface area contributed by atoms with Gasteiger partial charge in [-0.15, -0.1) is 12.4 Å². The Hall–Kier alpha value is -1.27. The maximum Gasteiger partial charge on any atom is 0.416 e. The molecule has 0 spiro atoms. The predicted molar refractivity (Wildman–Crippen MR) is 71.8 cm³/mol. The average Bonchev–Trinajstić information content (AvgIpc) is 2.26. The number of hydrogen-bond donors (Lipinski definition) is 2. The van der Waals surface area contributed by atoms with E-state index in [2.05, 4.69) is 10.6 Å². The van der Waals surface area contributed by atoms with Crippen LogP contribution in [0.1, 0.15) is 11.1 Å². The number of benzene rings is 1. The van der Waals surface area contributed by atoms with E-state index in [0.717, 1.165) is 25.2 Å². The minimum Gasteiger partial charge on any atom is -0.355 e. The maximum atomic E-state index is 12.5. The van der Waals surface area contributed by atoms with Gasteiger partial charge in [-0.2, -0.15) is 13.2 Å². The summed E-state index contributed by atoms with van der Waals surface area (Å²) in [6.07, 6.45) is -4.39. The van der Waals surface area contributed by atoms with E-state index in [1.165, 1.54) is 12.1 Å². The van der Waals surface area contributed by atoms with Crippen molar-refractivity contribution in [2.45, 2.75) is 12.6 Å². The van der Waals surface area contributed by atoms with Gasteiger partial charge in [0.25, 0.3) is 0 Å². The van der Waals surface area contributed by atoms with Crippen molar-refractivity contribution in [3.05, 3.63) is 35.4 Å². The topological polar surface area (TPSA) is 41.1 Å². The Kier molecular flexibility index (Phi) is 5.83. The van der Waals surface area contributed by atoms with E-state index in [4.69, 9.17) is 0 Å². The second kappa shape index (κ2) is 6.95. The van der Waals surface area contributed by atoms with Crippen LogP contribution in [0.15, 0.2) is 24.3 Å². The molecule has 1 amide bonds. The van der Waals surface area contributed by atoms with Crippen LogP contribution in [0.3, 0.4) is 0 Å². The molecule has 0 aromatic heterocycles. The van der Waals surface area contributed by atoms with Crippen molar-refractivity contribution in [1.82, 2.24) is 10.6 Å². The monoisotopic (exact) mass is 308 g/mol. The second-order valence-corrected chi connectivity index (χ2v) is 4.70. The molecule has 0 radical (unpaired) electrons. The molecule has 0 saturated carbocycles. The quantitative estimate of drug-likeness (QED) is 0.893. The van der Waals surface area contributed by atoms with E-state index in [1.54, 1.807) is 0 Å². The van der Waals surface area contributed by atoms with Crippen LogP contribution in [-0.2, 0) is 17.4 Å². The fraction of sp³-hybridized carbons (Fsp3) is 0.462. The third-order valence-corrected chi connectivity index (χ3v) is 3.07. The molecule has 2 rings (SSSR count). The highest BCUT2D eigenvalue weighted by Crippen LogP contribution is 2.29. The molecule has 0 bridgehead atoms. The molecular formula is C13H16ClF3N2O. The number of carbonyl (C=O) groups excluding carboxylic acids is 1. The van der Waals surface area contributed by atoms with Crippen molar-refractivity contribution >= 4 is 18.3 Å². The summed E-state index contributed by atoms with van der Waals surface area (Å²) in [5.41, 5.74) is -0.347. The van der Waals surface area contributed by atoms with Crippen molar-refractivity contribution in [3.63, 3.8) is 0 Å². The van der Waals surface area contributed by atoms with Gasteiger partial charge in [0.2, 0.25) is 5.91 Å². The number of carbonyl (C=O) groups is 1. The van der Waals surface area contributed by atoms with Gasteiger partial charge in [0, 0.05) is 25.6 Å². The van der Waals surface area contributed by atoms with Gasteiger partial charge in [0.05, 0.1) is 12.0 Å². The Morgan fingerprint density at radius 1 is 1.35 bits per heavy atom. The molecule has 1 aromatic rings. The molecule has 1 saturated heterocycles. The van der Waals surface area contributed by atoms with Crippen LogP contribution >= 0.6 is 12.4 Å². The summed E-state index contributed by atoms with van der Waals surface area (Å²) in [5, 5.41) is 5.81. The van der Waals surface area contributed by atoms with Crippen molar-refractivity contribution in [1.29, 1.82) is 0 Å². The molecular weight excluding hydrogens is 293 g/mol. The van der Waals surface area contributed by atoms with Gasteiger partial charge in [0.15, 0.2) is 0 Å². The first-order chi connectivity index (χ1) is 8.95. The van der Waals surface area contributed by atoms with Gasteiger partial charge in [-0.1, -0.05) is 18.2 Å². The Morgan fingerprint density at radius 2 is 2.05 bits per heavy atom. The highest BCUT2D eigenvalue weighted by molar-refractivity contribution is 5.85. The van der Waals surface area contributed by atoms with Gasteiger partial charge in [-0.05, 0) is 11.6 Å². The number of halogens is 4. The standard InChI is InChI=1S/C13H15F3N2O.ClH/c14-13(15,16)11-3-1-2-9(4-11)5-12(19)18-8-10-6-17-7-10;/h1-4,10,17H,5-8H2,(H,18,19);1H. The minimum atomic E-state index is -4.37. The lowest BCUT2D eigenvalue weighted by atomic mass is 10.0. The molecule has 1 fully saturated rings. The van der Waals surface area contributed by atoms with Crippen molar-refractivity contribution in [2.24, 2.45) is 5.92 Å². The van der Waals surface area contributed by atoms with E-state index in [1.807, 2.05) is 0 Å². The number of alkyl halides is 3. The summed E-state index contributed by atoms with van der Waals surface area (Å²) in [6, 6.07) is 4.87. The molecule has 7 heteroatoms. The SMILES string of the molecule is Cl.O=C(Cc1cccc(C(F)(F)F)c1)NCC1CNC1. The molecule has 1 aliphatic rings. The van der Waals surface area contributed by atoms with Gasteiger partial charge >= 0.3 is 6.18 Å². The number of nitrogens with one attached hydrogen (secondary N) is 2. The van der Waals surface area contributed by atoms with E-state index >= 15 is 0 Å². The summed E-state index contributed by atoms with van der Waals surface area (Å²) in [7, 11) is 0. The Labute approximate surface area is 121 Å². The zero-order valence-electron chi connectivity index (χ0n) is 10.7. The molecule has 3 nitrogen and oxygen atoms in total. The zero-order valence-corrected chi connectivity index (χ0v) is 11.5. The third-order valence-electron chi connectivity index (χ3n) is 3.07. The van der Waals surface area contributed by atoms with E-state index in [0.29, 0.717) is 18.0 Å². The summed E-state index contributed by atoms with van der Waals surface area (Å²) < 4.78 is 37.5. The predicted octanol–water partition coefficient (Wildman–Crippen LogP) is 2.01. The highest BCUT2D eigenvalue weighted by Gasteiger charge is 2.30. The minimum absolute atomic E-state index is 0. The molecule has 1 aromatic carbocycles. The van der Waals surface area contributed by atoms with Crippen LogP contribution in [-0.4, -0.2) is 25.5 Å². The number of amides is 1. The van der Waals surface area contributed by atoms with Gasteiger partial charge in [-0.25, -0.2) is 0 Å². The molecule has 20 heavy (non-hydrogen) atoms. The fourth-order valence-electron chi connectivity index (χ4n) is 1.86. The van der Waals surface area contributed by atoms with Crippen LogP contribution in [0.4, 0.5) is 13.2 Å². The molecule has 2 N–H and O–H groups in total. The molecule has 0 unspecified atom stereocenters. The molecule has 0 aliphatic carbocycles. The number of hydrogen-bond acceptors (Lipinski definition) is 2. The normalized spacial score (nSPS) is 15.2. The van der Waals surface area contributed by atoms with Gasteiger partial charge < -0.3 is 10.6 Å². The van der Waals surface area contributed by atoms with Crippen molar-refractivity contribution in [3.8, 4) is 0 Å². The summed E-state index contributed by atoms with van der Waals surface area (Å²) >= 11 is 0. The zero-order chi connectivity index (χ0) is 13.9. The van der Waals surface area contributed by atoms with Crippen LogP contribution in [0.25, 0.3) is 0 Å². The van der Waals surface area contributed by atoms with Crippen molar-refractivity contribution < 1.29 is 18.0 Å². The lowest BCUT2D eigenvalue weighted by molar-refractivity contribution is -0.137. The molecule has 112 valence electrons. The Morgan fingerprint density at radius 3 is 2.60 bits per heavy atom. The first kappa shape index (κ1) is 16.8. The maximum absolute atomic E-state index is 12.5. The Balaban J connectivity index is 0.00000200. The van der Waals surface area contributed by atoms with Crippen LogP contribution < -0.4 is 10.6 Å². The molecule has 0 atom stereocenters. The Bertz CT molecular complexity index is 461. The number of rotatable bonds is 4. The molecule has 1 aliphatic heterocycles. The van der Waals surface area contributed by atoms with Gasteiger partial charge in [-0.3, -0.25) is 4.79 Å². The van der Waals surface area contributed by atoms with E-state index < -0.39 is 11.7 Å². The van der Waals surface area contributed by atoms with Crippen LogP contribution in [0.5, 0.6) is 0 Å². The van der Waals surface area contributed by atoms with Crippen molar-refractivity contribution in [2.75, 3.05) is 19.6 Å². The van der Waals surface area contributed by atoms with E-state index in [-0.39, 0.29) is 24.7 Å². The lowest BCUT2D eigenvalue weighted by Crippen LogP contribution is -2.48. The second-order valence-electron chi connectivity index (χ2n) is 4.70. The smallest absolute Gasteiger partial charge is 0.355 e. The van der Waals surface area contributed by atoms with E-state index in [9.17, 15) is 18.0 Å². The average molecular weight is 309 g/mol. The fourth-order valence-corrected chi connectivity index (χ4v) is 1.86. The summed E-state index contributed by atoms with van der Waals surface area (Å²) in [4.78, 5) is 11.6. The highest BCUT2D eigenvalue weighted by atomic mass is 35.5. The third kappa shape index (κ3) is 4.68. The van der Waals surface area contributed by atoms with Crippen LogP contribution in [0.2, 0.25) is 0 Å².